The molecule has 1 heterocycles. The van der Waals surface area contributed by atoms with Gasteiger partial charge in [-0.1, -0.05) is 23.7 Å². The number of nitrogens with zero attached hydrogens (tertiary/aromatic N) is 2. The molecule has 6 rings (SSSR count). The predicted octanol–water partition coefficient (Wildman–Crippen LogP) is 5.29. The number of rotatable bonds is 9. The Kier molecular flexibility index (Phi) is 10.2. The Morgan fingerprint density at radius 2 is 1.45 bits per heavy atom. The SMILES string of the molecule is Cl.Cl.OC(COCCC12CC3CC(CC(C3)C1)C2)CN1CCN(Cc2ccc(Cl)cc2)CC1. The predicted molar refractivity (Wildman–Crippen MR) is 140 cm³/mol. The van der Waals surface area contributed by atoms with Crippen LogP contribution >= 0.6 is 36.4 Å². The summed E-state index contributed by atoms with van der Waals surface area (Å²) in [6.07, 6.45) is 9.71. The van der Waals surface area contributed by atoms with Gasteiger partial charge in [0.1, 0.15) is 0 Å². The molecule has 4 saturated carbocycles. The first kappa shape index (κ1) is 27.5. The van der Waals surface area contributed by atoms with Gasteiger partial charge in [0, 0.05) is 50.9 Å². The zero-order chi connectivity index (χ0) is 21.3. The van der Waals surface area contributed by atoms with E-state index in [0.717, 1.165) is 68.7 Å². The molecule has 5 fully saturated rings. The third-order valence-corrected chi connectivity index (χ3v) is 8.76. The average Bonchev–Trinajstić information content (AvgIpc) is 2.73. The van der Waals surface area contributed by atoms with Gasteiger partial charge < -0.3 is 9.84 Å². The van der Waals surface area contributed by atoms with Gasteiger partial charge in [0.05, 0.1) is 12.7 Å². The van der Waals surface area contributed by atoms with Crippen LogP contribution < -0.4 is 0 Å². The summed E-state index contributed by atoms with van der Waals surface area (Å²) in [7, 11) is 0. The van der Waals surface area contributed by atoms with E-state index in [1.807, 2.05) is 12.1 Å². The van der Waals surface area contributed by atoms with Crippen molar-refractivity contribution in [2.75, 3.05) is 45.9 Å². The van der Waals surface area contributed by atoms with Gasteiger partial charge in [-0.15, -0.1) is 24.8 Å². The first-order chi connectivity index (χ1) is 15.1. The highest BCUT2D eigenvalue weighted by atomic mass is 35.5. The van der Waals surface area contributed by atoms with Crippen LogP contribution in [0.3, 0.4) is 0 Å². The topological polar surface area (TPSA) is 35.9 Å². The molecule has 7 heteroatoms. The third kappa shape index (κ3) is 7.22. The zero-order valence-electron chi connectivity index (χ0n) is 19.7. The number of aliphatic hydroxyl groups is 1. The highest BCUT2D eigenvalue weighted by Crippen LogP contribution is 2.61. The number of ether oxygens (including phenoxy) is 1. The first-order valence-electron chi connectivity index (χ1n) is 12.5. The second kappa shape index (κ2) is 12.3. The Balaban J connectivity index is 0.00000153. The van der Waals surface area contributed by atoms with Gasteiger partial charge in [0.15, 0.2) is 0 Å². The number of halogens is 3. The van der Waals surface area contributed by atoms with Gasteiger partial charge in [-0.05, 0) is 85.8 Å². The van der Waals surface area contributed by atoms with Crippen molar-refractivity contribution in [2.24, 2.45) is 23.2 Å². The Hall–Kier alpha value is -0.0700. The van der Waals surface area contributed by atoms with Crippen LogP contribution in [0.15, 0.2) is 24.3 Å². The molecule has 0 radical (unpaired) electrons. The van der Waals surface area contributed by atoms with E-state index < -0.39 is 0 Å². The van der Waals surface area contributed by atoms with Gasteiger partial charge in [-0.3, -0.25) is 9.80 Å². The minimum atomic E-state index is -0.376. The number of aliphatic hydroxyl groups excluding tert-OH is 1. The maximum atomic E-state index is 10.5. The minimum Gasteiger partial charge on any atom is -0.389 e. The van der Waals surface area contributed by atoms with E-state index in [4.69, 9.17) is 16.3 Å². The van der Waals surface area contributed by atoms with Crippen LogP contribution in [-0.4, -0.2) is 66.9 Å². The molecule has 1 aliphatic heterocycles. The number of piperazine rings is 1. The van der Waals surface area contributed by atoms with Gasteiger partial charge in [0.25, 0.3) is 0 Å². The molecule has 4 nitrogen and oxygen atoms in total. The molecule has 1 saturated heterocycles. The van der Waals surface area contributed by atoms with Crippen molar-refractivity contribution in [3.8, 4) is 0 Å². The minimum absolute atomic E-state index is 0. The maximum absolute atomic E-state index is 10.5. The molecular formula is C26H41Cl3N2O2. The quantitative estimate of drug-likeness (QED) is 0.450. The summed E-state index contributed by atoms with van der Waals surface area (Å²) in [5, 5.41) is 11.3. The molecule has 1 N–H and O–H groups in total. The van der Waals surface area contributed by atoms with Gasteiger partial charge in [-0.25, -0.2) is 0 Å². The van der Waals surface area contributed by atoms with Crippen molar-refractivity contribution in [1.29, 1.82) is 0 Å². The summed E-state index contributed by atoms with van der Waals surface area (Å²) >= 11 is 5.98. The first-order valence-corrected chi connectivity index (χ1v) is 12.9. The fourth-order valence-corrected chi connectivity index (χ4v) is 7.56. The third-order valence-electron chi connectivity index (χ3n) is 8.51. The molecule has 4 bridgehead atoms. The van der Waals surface area contributed by atoms with Crippen molar-refractivity contribution >= 4 is 36.4 Å². The molecule has 1 unspecified atom stereocenters. The van der Waals surface area contributed by atoms with E-state index in [1.54, 1.807) is 0 Å². The largest absolute Gasteiger partial charge is 0.389 e. The van der Waals surface area contributed by atoms with Crippen LogP contribution in [0.25, 0.3) is 0 Å². The Labute approximate surface area is 217 Å². The lowest BCUT2D eigenvalue weighted by Crippen LogP contribution is -2.48. The average molecular weight is 520 g/mol. The molecule has 5 aliphatic rings. The van der Waals surface area contributed by atoms with Crippen LogP contribution in [0.4, 0.5) is 0 Å². The van der Waals surface area contributed by atoms with Crippen molar-refractivity contribution in [1.82, 2.24) is 9.80 Å². The number of benzene rings is 1. The second-order valence-electron chi connectivity index (χ2n) is 11.1. The van der Waals surface area contributed by atoms with Crippen LogP contribution in [-0.2, 0) is 11.3 Å². The summed E-state index contributed by atoms with van der Waals surface area (Å²) in [5.74, 6) is 3.03. The Morgan fingerprint density at radius 3 is 2.03 bits per heavy atom. The zero-order valence-corrected chi connectivity index (χ0v) is 22.1. The van der Waals surface area contributed by atoms with E-state index >= 15 is 0 Å². The van der Waals surface area contributed by atoms with Gasteiger partial charge >= 0.3 is 0 Å². The lowest BCUT2D eigenvalue weighted by molar-refractivity contribution is -0.0744. The van der Waals surface area contributed by atoms with Gasteiger partial charge in [0.2, 0.25) is 0 Å². The highest BCUT2D eigenvalue weighted by Gasteiger charge is 2.50. The molecule has 0 amide bonds. The fraction of sp³-hybridized carbons (Fsp3) is 0.769. The van der Waals surface area contributed by atoms with E-state index in [9.17, 15) is 5.11 Å². The van der Waals surface area contributed by atoms with E-state index in [1.165, 1.54) is 50.5 Å². The van der Waals surface area contributed by atoms with Crippen LogP contribution in [0.2, 0.25) is 5.02 Å². The number of hydrogen-bond donors (Lipinski definition) is 1. The maximum Gasteiger partial charge on any atom is 0.0900 e. The highest BCUT2D eigenvalue weighted by molar-refractivity contribution is 6.30. The number of β-amino-alcohol motifs (C(OH)–C–C–N with tert-alkyl or cyclic N) is 1. The molecular weight excluding hydrogens is 479 g/mol. The van der Waals surface area contributed by atoms with E-state index in [-0.39, 0.29) is 30.9 Å². The standard InChI is InChI=1S/C26H39ClN2O2.2ClH/c27-24-3-1-20(2-4-24)17-28-6-8-29(9-7-28)18-25(30)19-31-10-5-26-14-21-11-22(15-26)13-23(12-21)16-26;;/h1-4,21-23,25,30H,5-19H2;2*1H. The summed E-state index contributed by atoms with van der Waals surface area (Å²) in [5.41, 5.74) is 1.89. The van der Waals surface area contributed by atoms with Crippen LogP contribution in [0, 0.1) is 23.2 Å². The van der Waals surface area contributed by atoms with E-state index in [2.05, 4.69) is 21.9 Å². The van der Waals surface area contributed by atoms with E-state index in [0.29, 0.717) is 12.0 Å². The van der Waals surface area contributed by atoms with Crippen molar-refractivity contribution in [3.05, 3.63) is 34.9 Å². The second-order valence-corrected chi connectivity index (χ2v) is 11.5. The molecule has 4 aliphatic carbocycles. The molecule has 188 valence electrons. The fourth-order valence-electron chi connectivity index (χ4n) is 7.43. The summed E-state index contributed by atoms with van der Waals surface area (Å²) in [4.78, 5) is 4.86. The summed E-state index contributed by atoms with van der Waals surface area (Å²) < 4.78 is 5.99. The summed E-state index contributed by atoms with van der Waals surface area (Å²) in [6.45, 7) is 7.13. The smallest absolute Gasteiger partial charge is 0.0900 e. The Bertz CT molecular complexity index is 689. The number of hydrogen-bond acceptors (Lipinski definition) is 4. The lowest BCUT2D eigenvalue weighted by Gasteiger charge is -2.57. The monoisotopic (exact) mass is 518 g/mol. The normalized spacial score (nSPS) is 32.2. The van der Waals surface area contributed by atoms with Crippen molar-refractivity contribution < 1.29 is 9.84 Å². The molecule has 33 heavy (non-hydrogen) atoms. The molecule has 0 aromatic heterocycles. The molecule has 0 spiro atoms. The Morgan fingerprint density at radius 1 is 0.909 bits per heavy atom. The molecule has 1 atom stereocenters. The summed E-state index contributed by atoms with van der Waals surface area (Å²) in [6, 6.07) is 8.15. The van der Waals surface area contributed by atoms with Gasteiger partial charge in [-0.2, -0.15) is 0 Å². The van der Waals surface area contributed by atoms with Crippen LogP contribution in [0.5, 0.6) is 0 Å². The molecule has 1 aromatic carbocycles. The van der Waals surface area contributed by atoms with Crippen molar-refractivity contribution in [3.63, 3.8) is 0 Å². The van der Waals surface area contributed by atoms with Crippen LogP contribution in [0.1, 0.15) is 50.5 Å². The molecule has 1 aromatic rings. The lowest BCUT2D eigenvalue weighted by atomic mass is 9.49. The van der Waals surface area contributed by atoms with Crippen molar-refractivity contribution in [2.45, 2.75) is 57.6 Å².